The zero-order valence-corrected chi connectivity index (χ0v) is 7.05. The molecule has 0 heterocycles. The quantitative estimate of drug-likeness (QED) is 0.653. The van der Waals surface area contributed by atoms with E-state index in [2.05, 4.69) is 0 Å². The molecule has 0 fully saturated rings. The molecule has 0 amide bonds. The third kappa shape index (κ3) is 1.51. The molecule has 1 aliphatic rings. The summed E-state index contributed by atoms with van der Waals surface area (Å²) in [5.74, 6) is -0.114. The number of hydrogen-bond donors (Lipinski definition) is 1. The van der Waals surface area contributed by atoms with E-state index in [0.717, 1.165) is 12.0 Å². The second-order valence-electron chi connectivity index (χ2n) is 3.31. The first-order valence-electron chi connectivity index (χ1n) is 4.02. The summed E-state index contributed by atoms with van der Waals surface area (Å²) in [6.07, 6.45) is 3.51. The number of hydrogen-bond acceptors (Lipinski definition) is 2. The Morgan fingerprint density at radius 3 is 2.73 bits per heavy atom. The maximum Gasteiger partial charge on any atom is 0.187 e. The van der Waals surface area contributed by atoms with Crippen LogP contribution in [-0.4, -0.2) is 16.5 Å². The zero-order chi connectivity index (χ0) is 8.48. The van der Waals surface area contributed by atoms with Gasteiger partial charge in [-0.15, -0.1) is 0 Å². The number of ketones is 1. The summed E-state index contributed by atoms with van der Waals surface area (Å²) in [6, 6.07) is 0. The third-order valence-corrected chi connectivity index (χ3v) is 2.07. The van der Waals surface area contributed by atoms with Crippen molar-refractivity contribution in [3.8, 4) is 0 Å². The van der Waals surface area contributed by atoms with Crippen LogP contribution >= 0.6 is 0 Å². The van der Waals surface area contributed by atoms with Gasteiger partial charge in [-0.25, -0.2) is 0 Å². The van der Waals surface area contributed by atoms with Crippen molar-refractivity contribution in [2.75, 3.05) is 0 Å². The third-order valence-electron chi connectivity index (χ3n) is 2.07. The normalized spacial score (nSPS) is 30.8. The maximum absolute atomic E-state index is 11.2. The van der Waals surface area contributed by atoms with Crippen molar-refractivity contribution in [3.63, 3.8) is 0 Å². The highest BCUT2D eigenvalue weighted by molar-refractivity contribution is 6.00. The van der Waals surface area contributed by atoms with E-state index < -0.39 is 5.60 Å². The molecule has 0 saturated heterocycles. The van der Waals surface area contributed by atoms with Crippen molar-refractivity contribution in [1.29, 1.82) is 0 Å². The molecule has 1 rings (SSSR count). The standard InChI is InChI=1S/C9H14O2/c1-3-4-9(11)6-7(2)5-8(9)10/h5,11H,3-4,6H2,1-2H3. The molecule has 1 atom stereocenters. The van der Waals surface area contributed by atoms with E-state index in [-0.39, 0.29) is 5.78 Å². The SMILES string of the molecule is CCCC1(O)CC(C)=CC1=O. The van der Waals surface area contributed by atoms with Crippen LogP contribution in [0.5, 0.6) is 0 Å². The summed E-state index contributed by atoms with van der Waals surface area (Å²) in [5.41, 5.74) is -0.0651. The van der Waals surface area contributed by atoms with Gasteiger partial charge in [0.2, 0.25) is 0 Å². The van der Waals surface area contributed by atoms with Gasteiger partial charge in [-0.1, -0.05) is 18.9 Å². The van der Waals surface area contributed by atoms with Crippen LogP contribution in [0.1, 0.15) is 33.1 Å². The lowest BCUT2D eigenvalue weighted by Gasteiger charge is -2.19. The van der Waals surface area contributed by atoms with Crippen molar-refractivity contribution in [2.24, 2.45) is 0 Å². The van der Waals surface area contributed by atoms with Crippen molar-refractivity contribution >= 4 is 5.78 Å². The largest absolute Gasteiger partial charge is 0.381 e. The molecule has 0 aromatic carbocycles. The topological polar surface area (TPSA) is 37.3 Å². The molecular weight excluding hydrogens is 140 g/mol. The van der Waals surface area contributed by atoms with E-state index in [1.165, 1.54) is 0 Å². The number of carbonyl (C=O) groups is 1. The Bertz CT molecular complexity index is 206. The van der Waals surface area contributed by atoms with Crippen LogP contribution in [0.2, 0.25) is 0 Å². The van der Waals surface area contributed by atoms with Gasteiger partial charge in [0.1, 0.15) is 5.60 Å². The fourth-order valence-electron chi connectivity index (χ4n) is 1.58. The first-order chi connectivity index (χ1) is 5.08. The first-order valence-corrected chi connectivity index (χ1v) is 4.02. The van der Waals surface area contributed by atoms with Gasteiger partial charge in [-0.3, -0.25) is 4.79 Å². The minimum atomic E-state index is -1.06. The van der Waals surface area contributed by atoms with Crippen LogP contribution < -0.4 is 0 Å². The predicted octanol–water partition coefficient (Wildman–Crippen LogP) is 1.44. The van der Waals surface area contributed by atoms with Crippen molar-refractivity contribution < 1.29 is 9.90 Å². The molecule has 0 saturated carbocycles. The van der Waals surface area contributed by atoms with E-state index >= 15 is 0 Å². The van der Waals surface area contributed by atoms with Gasteiger partial charge in [0, 0.05) is 6.42 Å². The van der Waals surface area contributed by atoms with Crippen LogP contribution in [-0.2, 0) is 4.79 Å². The first kappa shape index (κ1) is 8.47. The highest BCUT2D eigenvalue weighted by atomic mass is 16.3. The van der Waals surface area contributed by atoms with Gasteiger partial charge in [0.25, 0.3) is 0 Å². The fraction of sp³-hybridized carbons (Fsp3) is 0.667. The van der Waals surface area contributed by atoms with E-state index in [9.17, 15) is 9.90 Å². The second-order valence-corrected chi connectivity index (χ2v) is 3.31. The molecule has 1 aliphatic carbocycles. The van der Waals surface area contributed by atoms with Crippen LogP contribution in [0.4, 0.5) is 0 Å². The number of aliphatic hydroxyl groups is 1. The highest BCUT2D eigenvalue weighted by Gasteiger charge is 2.37. The lowest BCUT2D eigenvalue weighted by molar-refractivity contribution is -0.131. The van der Waals surface area contributed by atoms with Crippen LogP contribution in [0.25, 0.3) is 0 Å². The molecule has 0 spiro atoms. The zero-order valence-electron chi connectivity index (χ0n) is 7.05. The molecule has 2 nitrogen and oxygen atoms in total. The molecule has 0 bridgehead atoms. The molecule has 1 unspecified atom stereocenters. The maximum atomic E-state index is 11.2. The van der Waals surface area contributed by atoms with Crippen molar-refractivity contribution in [1.82, 2.24) is 0 Å². The average molecular weight is 154 g/mol. The molecule has 62 valence electrons. The Balaban J connectivity index is 2.70. The lowest BCUT2D eigenvalue weighted by atomic mass is 9.93. The van der Waals surface area contributed by atoms with E-state index in [0.29, 0.717) is 12.8 Å². The van der Waals surface area contributed by atoms with Gasteiger partial charge in [-0.05, 0) is 19.4 Å². The smallest absolute Gasteiger partial charge is 0.187 e. The van der Waals surface area contributed by atoms with Crippen molar-refractivity contribution in [2.45, 2.75) is 38.7 Å². The van der Waals surface area contributed by atoms with E-state index in [4.69, 9.17) is 0 Å². The van der Waals surface area contributed by atoms with Crippen LogP contribution in [0, 0.1) is 0 Å². The molecule has 0 aromatic heterocycles. The van der Waals surface area contributed by atoms with Crippen LogP contribution in [0.3, 0.4) is 0 Å². The molecule has 2 heteroatoms. The fourth-order valence-corrected chi connectivity index (χ4v) is 1.58. The Kier molecular flexibility index (Phi) is 2.14. The second kappa shape index (κ2) is 2.78. The Labute approximate surface area is 66.9 Å². The molecule has 0 aliphatic heterocycles. The Morgan fingerprint density at radius 1 is 1.73 bits per heavy atom. The summed E-state index contributed by atoms with van der Waals surface area (Å²) in [5, 5.41) is 9.73. The number of rotatable bonds is 2. The molecule has 11 heavy (non-hydrogen) atoms. The summed E-state index contributed by atoms with van der Waals surface area (Å²) in [4.78, 5) is 11.2. The monoisotopic (exact) mass is 154 g/mol. The molecular formula is C9H14O2. The van der Waals surface area contributed by atoms with Crippen molar-refractivity contribution in [3.05, 3.63) is 11.6 Å². The summed E-state index contributed by atoms with van der Waals surface area (Å²) in [7, 11) is 0. The van der Waals surface area contributed by atoms with Gasteiger partial charge in [-0.2, -0.15) is 0 Å². The molecule has 0 radical (unpaired) electrons. The molecule has 1 N–H and O–H groups in total. The summed E-state index contributed by atoms with van der Waals surface area (Å²) in [6.45, 7) is 3.85. The summed E-state index contributed by atoms with van der Waals surface area (Å²) < 4.78 is 0. The minimum Gasteiger partial charge on any atom is -0.381 e. The highest BCUT2D eigenvalue weighted by Crippen LogP contribution is 2.29. The minimum absolute atomic E-state index is 0.114. The van der Waals surface area contributed by atoms with E-state index in [1.54, 1.807) is 6.08 Å². The lowest BCUT2D eigenvalue weighted by Crippen LogP contribution is -2.33. The predicted molar refractivity (Wildman–Crippen MR) is 43.2 cm³/mol. The number of carbonyl (C=O) groups excluding carboxylic acids is 1. The van der Waals surface area contributed by atoms with Gasteiger partial charge < -0.3 is 5.11 Å². The molecule has 0 aromatic rings. The van der Waals surface area contributed by atoms with Crippen LogP contribution in [0.15, 0.2) is 11.6 Å². The Hall–Kier alpha value is -0.630. The summed E-state index contributed by atoms with van der Waals surface area (Å²) >= 11 is 0. The van der Waals surface area contributed by atoms with Gasteiger partial charge in [0.05, 0.1) is 0 Å². The van der Waals surface area contributed by atoms with Gasteiger partial charge >= 0.3 is 0 Å². The van der Waals surface area contributed by atoms with Gasteiger partial charge in [0.15, 0.2) is 5.78 Å². The average Bonchev–Trinajstić information content (AvgIpc) is 2.08. The van der Waals surface area contributed by atoms with E-state index in [1.807, 2.05) is 13.8 Å². The Morgan fingerprint density at radius 2 is 2.36 bits per heavy atom.